The summed E-state index contributed by atoms with van der Waals surface area (Å²) in [6.45, 7) is -0.0606. The lowest BCUT2D eigenvalue weighted by Crippen LogP contribution is -2.60. The number of aromatic nitrogens is 2. The number of amides is 2. The maximum absolute atomic E-state index is 13.9. The molecule has 2 aliphatic heterocycles. The zero-order valence-corrected chi connectivity index (χ0v) is 28.5. The number of nitrogens with one attached hydrogen (secondary N) is 2. The molecule has 0 aliphatic carbocycles. The van der Waals surface area contributed by atoms with Crippen LogP contribution in [0, 0.1) is 5.92 Å². The summed E-state index contributed by atoms with van der Waals surface area (Å²) in [7, 11) is 0. The van der Waals surface area contributed by atoms with Crippen molar-refractivity contribution in [2.75, 3.05) is 39.3 Å². The summed E-state index contributed by atoms with van der Waals surface area (Å²) in [6, 6.07) is 20.7. The third kappa shape index (κ3) is 9.76. The molecular formula is C38H43F3N6O5. The van der Waals surface area contributed by atoms with Gasteiger partial charge in [-0.05, 0) is 54.3 Å². The Bertz CT molecular complexity index is 1780. The molecule has 2 aliphatic rings. The molecule has 0 saturated carbocycles. The van der Waals surface area contributed by atoms with Crippen LogP contribution in [0.5, 0.6) is 5.75 Å². The maximum Gasteiger partial charge on any atom is 0.405 e. The van der Waals surface area contributed by atoms with E-state index in [4.69, 9.17) is 4.74 Å². The Balaban J connectivity index is 1.15. The molecule has 1 saturated heterocycles. The van der Waals surface area contributed by atoms with Crippen molar-refractivity contribution < 1.29 is 37.7 Å². The minimum Gasteiger partial charge on any atom is -0.490 e. The number of fused-ring (bicyclic) bond motifs is 1. The van der Waals surface area contributed by atoms with Crippen molar-refractivity contribution in [3.8, 4) is 11.4 Å². The van der Waals surface area contributed by atoms with Crippen molar-refractivity contribution in [2.24, 2.45) is 5.92 Å². The fraction of sp³-hybridized carbons (Fsp3) is 0.395. The van der Waals surface area contributed by atoms with Gasteiger partial charge in [-0.2, -0.15) is 13.2 Å². The summed E-state index contributed by atoms with van der Waals surface area (Å²) in [4.78, 5) is 35.0. The molecular weight excluding hydrogens is 677 g/mol. The van der Waals surface area contributed by atoms with E-state index in [0.29, 0.717) is 30.9 Å². The first-order valence-electron chi connectivity index (χ1n) is 17.3. The Kier molecular flexibility index (Phi) is 11.9. The Hall–Kier alpha value is -4.76. The van der Waals surface area contributed by atoms with E-state index in [9.17, 15) is 33.0 Å². The van der Waals surface area contributed by atoms with Gasteiger partial charge in [0.15, 0.2) is 0 Å². The molecule has 1 fully saturated rings. The molecule has 2 amide bonds. The van der Waals surface area contributed by atoms with Crippen LogP contribution in [0.15, 0.2) is 97.6 Å². The second-order valence-electron chi connectivity index (χ2n) is 13.4. The minimum atomic E-state index is -4.58. The lowest BCUT2D eigenvalue weighted by molar-refractivity contribution is -0.143. The second kappa shape index (κ2) is 16.7. The first-order chi connectivity index (χ1) is 25.0. The molecule has 0 spiro atoms. The maximum atomic E-state index is 13.9. The first-order valence-corrected chi connectivity index (χ1v) is 17.3. The van der Waals surface area contributed by atoms with Crippen molar-refractivity contribution in [3.05, 3.63) is 114 Å². The lowest BCUT2D eigenvalue weighted by atomic mass is 9.91. The molecule has 4 aromatic rings. The van der Waals surface area contributed by atoms with Crippen LogP contribution in [0.3, 0.4) is 0 Å². The third-order valence-corrected chi connectivity index (χ3v) is 9.48. The van der Waals surface area contributed by atoms with Crippen LogP contribution < -0.4 is 15.4 Å². The number of rotatable bonds is 13. The largest absolute Gasteiger partial charge is 0.490 e. The Labute approximate surface area is 300 Å². The molecule has 4 N–H and O–H groups in total. The summed E-state index contributed by atoms with van der Waals surface area (Å²) >= 11 is 0. The average molecular weight is 721 g/mol. The van der Waals surface area contributed by atoms with Crippen LogP contribution in [-0.4, -0.2) is 105 Å². The number of aliphatic hydroxyl groups is 2. The summed E-state index contributed by atoms with van der Waals surface area (Å²) in [5.41, 5.74) is 3.37. The number of pyridine rings is 1. The summed E-state index contributed by atoms with van der Waals surface area (Å²) < 4.78 is 47.0. The van der Waals surface area contributed by atoms with Gasteiger partial charge in [-0.15, -0.1) is 0 Å². The molecule has 14 heteroatoms. The Morgan fingerprint density at radius 1 is 1.00 bits per heavy atom. The number of halogens is 3. The standard InChI is InChI=1S/C38H43F3N6O5/c39-38(40,41)25-43-37(51)32-23-45(20-27-12-14-46(21-27)29-8-2-1-3-9-29)15-16-47(32)22-30(48)18-28(17-26-7-6-13-42-19-26)36(50)44-35-31-10-4-5-11-34(31)52-24-33(35)49/h1-14,19,21,28,30,32-33,35,48-49H,15-18,20,22-25H2,(H,43,51)(H,44,50)/t28-,30+,32+,33?,35+/m1/s1. The van der Waals surface area contributed by atoms with Crippen molar-refractivity contribution in [3.63, 3.8) is 0 Å². The van der Waals surface area contributed by atoms with E-state index in [1.54, 1.807) is 47.6 Å². The molecule has 0 bridgehead atoms. The predicted molar refractivity (Wildman–Crippen MR) is 186 cm³/mol. The quantitative estimate of drug-likeness (QED) is 0.166. The highest BCUT2D eigenvalue weighted by Crippen LogP contribution is 2.32. The Morgan fingerprint density at radius 2 is 1.79 bits per heavy atom. The van der Waals surface area contributed by atoms with Gasteiger partial charge in [0.25, 0.3) is 0 Å². The SMILES string of the molecule is O=C(N[C@H]1c2ccccc2OCC1O)[C@H](Cc1cccnc1)C[C@H](O)CN1CCN(Cc2ccn(-c3ccccc3)c2)C[C@H]1C(=O)NCC(F)(F)F. The van der Waals surface area contributed by atoms with E-state index in [2.05, 4.69) is 10.3 Å². The van der Waals surface area contributed by atoms with Crippen molar-refractivity contribution in [1.29, 1.82) is 0 Å². The van der Waals surface area contributed by atoms with E-state index in [0.717, 1.165) is 16.8 Å². The van der Waals surface area contributed by atoms with Gasteiger partial charge >= 0.3 is 6.18 Å². The van der Waals surface area contributed by atoms with Gasteiger partial charge in [-0.25, -0.2) is 0 Å². The first kappa shape index (κ1) is 37.0. The molecule has 6 rings (SSSR count). The van der Waals surface area contributed by atoms with Crippen LogP contribution in [-0.2, 0) is 22.6 Å². The summed E-state index contributed by atoms with van der Waals surface area (Å²) in [5, 5.41) is 27.2. The predicted octanol–water partition coefficient (Wildman–Crippen LogP) is 3.26. The zero-order valence-electron chi connectivity index (χ0n) is 28.5. The molecule has 2 aromatic heterocycles. The molecule has 276 valence electrons. The number of alkyl halides is 3. The van der Waals surface area contributed by atoms with Gasteiger partial charge in [0, 0.05) is 74.7 Å². The van der Waals surface area contributed by atoms with E-state index >= 15 is 0 Å². The molecule has 5 atom stereocenters. The number of aliphatic hydroxyl groups excluding tert-OH is 2. The highest BCUT2D eigenvalue weighted by Gasteiger charge is 2.37. The fourth-order valence-corrected chi connectivity index (χ4v) is 6.90. The fourth-order valence-electron chi connectivity index (χ4n) is 6.90. The number of piperazine rings is 1. The van der Waals surface area contributed by atoms with Gasteiger partial charge in [0.05, 0.1) is 12.1 Å². The number of hydrogen-bond acceptors (Lipinski definition) is 8. The lowest BCUT2D eigenvalue weighted by Gasteiger charge is -2.41. The van der Waals surface area contributed by atoms with Crippen molar-refractivity contribution in [1.82, 2.24) is 30.0 Å². The van der Waals surface area contributed by atoms with Gasteiger partial charge < -0.3 is 30.2 Å². The van der Waals surface area contributed by atoms with E-state index in [1.165, 1.54) is 0 Å². The summed E-state index contributed by atoms with van der Waals surface area (Å²) in [5.74, 6) is -1.37. The van der Waals surface area contributed by atoms with Crippen LogP contribution in [0.2, 0.25) is 0 Å². The number of para-hydroxylation sites is 2. The van der Waals surface area contributed by atoms with Gasteiger partial charge in [-0.1, -0.05) is 42.5 Å². The average Bonchev–Trinajstić information content (AvgIpc) is 3.61. The van der Waals surface area contributed by atoms with E-state index in [1.807, 2.05) is 69.6 Å². The van der Waals surface area contributed by atoms with Crippen molar-refractivity contribution in [2.45, 2.75) is 49.9 Å². The van der Waals surface area contributed by atoms with E-state index in [-0.39, 0.29) is 32.5 Å². The van der Waals surface area contributed by atoms with Crippen LogP contribution in [0.1, 0.15) is 29.2 Å². The van der Waals surface area contributed by atoms with Crippen LogP contribution in [0.4, 0.5) is 13.2 Å². The molecule has 1 unspecified atom stereocenters. The van der Waals surface area contributed by atoms with Crippen LogP contribution in [0.25, 0.3) is 5.69 Å². The highest BCUT2D eigenvalue weighted by molar-refractivity contribution is 5.82. The molecule has 2 aromatic carbocycles. The number of nitrogens with zero attached hydrogens (tertiary/aromatic N) is 4. The van der Waals surface area contributed by atoms with Gasteiger partial charge in [-0.3, -0.25) is 24.4 Å². The number of carbonyl (C=O) groups excluding carboxylic acids is 2. The van der Waals surface area contributed by atoms with Crippen LogP contribution >= 0.6 is 0 Å². The Morgan fingerprint density at radius 3 is 2.56 bits per heavy atom. The number of hydrogen-bond donors (Lipinski definition) is 4. The number of benzene rings is 2. The zero-order chi connectivity index (χ0) is 36.7. The second-order valence-corrected chi connectivity index (χ2v) is 13.4. The molecule has 0 radical (unpaired) electrons. The number of β-amino-alcohol motifs (C(OH)–C–C–N with tert-alkyl or cyclic N) is 1. The monoisotopic (exact) mass is 720 g/mol. The minimum absolute atomic E-state index is 0.000476. The van der Waals surface area contributed by atoms with Gasteiger partial charge in [0.1, 0.15) is 31.0 Å². The molecule has 11 nitrogen and oxygen atoms in total. The normalized spacial score (nSPS) is 20.7. The van der Waals surface area contributed by atoms with Gasteiger partial charge in [0.2, 0.25) is 11.8 Å². The smallest absolute Gasteiger partial charge is 0.405 e. The number of ether oxygens (including phenoxy) is 1. The molecule has 52 heavy (non-hydrogen) atoms. The topological polar surface area (TPSA) is 132 Å². The highest BCUT2D eigenvalue weighted by atomic mass is 19.4. The van der Waals surface area contributed by atoms with Crippen molar-refractivity contribution >= 4 is 11.8 Å². The van der Waals surface area contributed by atoms with E-state index < -0.39 is 54.7 Å². The third-order valence-electron chi connectivity index (χ3n) is 9.48. The summed E-state index contributed by atoms with van der Waals surface area (Å²) in [6.07, 6.45) is 0.718. The molecule has 4 heterocycles. The number of carbonyl (C=O) groups is 2.